The number of benzene rings is 1. The lowest BCUT2D eigenvalue weighted by atomic mass is 10.1. The number of carbonyl (C=O) groups is 1. The number of fused-ring (bicyclic) bond motifs is 1. The van der Waals surface area contributed by atoms with E-state index in [-0.39, 0.29) is 6.61 Å². The van der Waals surface area contributed by atoms with Gasteiger partial charge in [0, 0.05) is 24.9 Å². The number of hydrogen-bond acceptors (Lipinski definition) is 5. The molecule has 0 saturated carbocycles. The molecule has 0 amide bonds. The van der Waals surface area contributed by atoms with Crippen LogP contribution in [0.15, 0.2) is 24.3 Å². The van der Waals surface area contributed by atoms with Gasteiger partial charge in [0.05, 0.1) is 12.7 Å². The van der Waals surface area contributed by atoms with Crippen molar-refractivity contribution in [1.29, 1.82) is 0 Å². The Morgan fingerprint density at radius 3 is 2.90 bits per heavy atom. The normalized spacial score (nSPS) is 12.7. The topological polar surface area (TPSA) is 78.8 Å². The van der Waals surface area contributed by atoms with E-state index >= 15 is 0 Å². The summed E-state index contributed by atoms with van der Waals surface area (Å²) in [4.78, 5) is 11.7. The van der Waals surface area contributed by atoms with Crippen LogP contribution in [0, 0.1) is 0 Å². The fourth-order valence-electron chi connectivity index (χ4n) is 2.06. The first-order chi connectivity index (χ1) is 9.63. The number of rotatable bonds is 7. The Morgan fingerprint density at radius 2 is 2.20 bits per heavy atom. The van der Waals surface area contributed by atoms with Crippen molar-refractivity contribution < 1.29 is 19.7 Å². The molecule has 1 aromatic carbocycles. The van der Waals surface area contributed by atoms with Gasteiger partial charge in [-0.05, 0) is 17.0 Å². The largest absolute Gasteiger partial charge is 0.477 e. The van der Waals surface area contributed by atoms with Gasteiger partial charge in [0.25, 0.3) is 0 Å². The highest BCUT2D eigenvalue weighted by atomic mass is 32.1. The lowest BCUT2D eigenvalue weighted by Crippen LogP contribution is -2.29. The Hall–Kier alpha value is -1.47. The average Bonchev–Trinajstić information content (AvgIpc) is 2.78. The van der Waals surface area contributed by atoms with Gasteiger partial charge in [0.2, 0.25) is 0 Å². The maximum Gasteiger partial charge on any atom is 0.346 e. The Morgan fingerprint density at radius 1 is 1.45 bits per heavy atom. The fraction of sp³-hybridized carbons (Fsp3) is 0.357. The van der Waals surface area contributed by atoms with Gasteiger partial charge in [0.15, 0.2) is 0 Å². The molecule has 2 rings (SSSR count). The Kier molecular flexibility index (Phi) is 5.08. The summed E-state index contributed by atoms with van der Waals surface area (Å²) in [5, 5.41) is 22.9. The SMILES string of the molecule is COCC(O)CNCc1c(C(=O)O)sc2ccccc12. The molecular formula is C14H17NO4S. The van der Waals surface area contributed by atoms with Crippen molar-refractivity contribution in [3.05, 3.63) is 34.7 Å². The number of aliphatic hydroxyl groups is 1. The minimum absolute atomic E-state index is 0.253. The van der Waals surface area contributed by atoms with E-state index in [1.807, 2.05) is 24.3 Å². The van der Waals surface area contributed by atoms with Gasteiger partial charge < -0.3 is 20.3 Å². The number of hydrogen-bond donors (Lipinski definition) is 3. The maximum absolute atomic E-state index is 11.3. The second-order valence-electron chi connectivity index (χ2n) is 4.45. The van der Waals surface area contributed by atoms with Crippen LogP contribution in [0.2, 0.25) is 0 Å². The summed E-state index contributed by atoms with van der Waals surface area (Å²) >= 11 is 1.27. The number of nitrogens with one attached hydrogen (secondary N) is 1. The lowest BCUT2D eigenvalue weighted by molar-refractivity contribution is 0.0643. The molecule has 0 spiro atoms. The Bertz CT molecular complexity index is 596. The van der Waals surface area contributed by atoms with Crippen molar-refractivity contribution in [3.63, 3.8) is 0 Å². The minimum Gasteiger partial charge on any atom is -0.477 e. The number of carboxylic acid groups (broad SMARTS) is 1. The summed E-state index contributed by atoms with van der Waals surface area (Å²) in [6.07, 6.45) is -0.599. The molecule has 20 heavy (non-hydrogen) atoms. The lowest BCUT2D eigenvalue weighted by Gasteiger charge is -2.10. The molecule has 6 heteroatoms. The zero-order valence-corrected chi connectivity index (χ0v) is 11.9. The molecule has 2 aromatic rings. The number of thiophene rings is 1. The number of ether oxygens (including phenoxy) is 1. The van der Waals surface area contributed by atoms with Crippen molar-refractivity contribution in [2.24, 2.45) is 0 Å². The summed E-state index contributed by atoms with van der Waals surface area (Å²) in [7, 11) is 1.53. The Labute approximate surface area is 120 Å². The third kappa shape index (κ3) is 3.34. The van der Waals surface area contributed by atoms with Crippen molar-refractivity contribution in [1.82, 2.24) is 5.32 Å². The number of aliphatic hydroxyl groups excluding tert-OH is 1. The molecule has 0 aliphatic rings. The first kappa shape index (κ1) is 14.9. The third-order valence-electron chi connectivity index (χ3n) is 2.93. The highest BCUT2D eigenvalue weighted by Gasteiger charge is 2.17. The molecule has 0 saturated heterocycles. The van der Waals surface area contributed by atoms with Crippen LogP contribution < -0.4 is 5.32 Å². The van der Waals surface area contributed by atoms with E-state index in [9.17, 15) is 15.0 Å². The molecule has 1 unspecified atom stereocenters. The number of methoxy groups -OCH3 is 1. The molecular weight excluding hydrogens is 278 g/mol. The Balaban J connectivity index is 2.15. The molecule has 0 radical (unpaired) electrons. The van der Waals surface area contributed by atoms with Crippen molar-refractivity contribution in [3.8, 4) is 0 Å². The zero-order chi connectivity index (χ0) is 14.5. The van der Waals surface area contributed by atoms with E-state index < -0.39 is 12.1 Å². The highest BCUT2D eigenvalue weighted by molar-refractivity contribution is 7.21. The van der Waals surface area contributed by atoms with Crippen LogP contribution in [-0.2, 0) is 11.3 Å². The molecule has 0 bridgehead atoms. The predicted octanol–water partition coefficient (Wildman–Crippen LogP) is 1.70. The van der Waals surface area contributed by atoms with Crippen molar-refractivity contribution in [2.45, 2.75) is 12.6 Å². The van der Waals surface area contributed by atoms with E-state index in [0.717, 1.165) is 15.6 Å². The molecule has 3 N–H and O–H groups in total. The van der Waals surface area contributed by atoms with Crippen LogP contribution in [0.5, 0.6) is 0 Å². The second-order valence-corrected chi connectivity index (χ2v) is 5.50. The van der Waals surface area contributed by atoms with Gasteiger partial charge in [-0.25, -0.2) is 4.79 Å². The monoisotopic (exact) mass is 295 g/mol. The van der Waals surface area contributed by atoms with E-state index in [2.05, 4.69) is 5.32 Å². The van der Waals surface area contributed by atoms with Gasteiger partial charge in [0.1, 0.15) is 4.88 Å². The van der Waals surface area contributed by atoms with Crippen LogP contribution in [0.3, 0.4) is 0 Å². The molecule has 5 nitrogen and oxygen atoms in total. The van der Waals surface area contributed by atoms with Crippen LogP contribution in [0.1, 0.15) is 15.2 Å². The smallest absolute Gasteiger partial charge is 0.346 e. The predicted molar refractivity (Wildman–Crippen MR) is 78.4 cm³/mol. The molecule has 0 aliphatic heterocycles. The van der Waals surface area contributed by atoms with Crippen LogP contribution in [0.25, 0.3) is 10.1 Å². The standard InChI is InChI=1S/C14H17NO4S/c1-19-8-9(16)6-15-7-11-10-4-2-3-5-12(10)20-13(11)14(17)18/h2-5,9,15-16H,6-8H2,1H3,(H,17,18). The first-order valence-electron chi connectivity index (χ1n) is 6.25. The van der Waals surface area contributed by atoms with Crippen molar-refractivity contribution in [2.75, 3.05) is 20.3 Å². The second kappa shape index (κ2) is 6.81. The van der Waals surface area contributed by atoms with E-state index in [4.69, 9.17) is 4.74 Å². The van der Waals surface area contributed by atoms with E-state index in [1.54, 1.807) is 0 Å². The number of carboxylic acids is 1. The summed E-state index contributed by atoms with van der Waals surface area (Å²) in [6.45, 7) is 1.02. The summed E-state index contributed by atoms with van der Waals surface area (Å²) in [5.74, 6) is -0.916. The number of aromatic carboxylic acids is 1. The van der Waals surface area contributed by atoms with Gasteiger partial charge >= 0.3 is 5.97 Å². The van der Waals surface area contributed by atoms with E-state index in [1.165, 1.54) is 18.4 Å². The van der Waals surface area contributed by atoms with Crippen LogP contribution in [-0.4, -0.2) is 42.5 Å². The third-order valence-corrected chi connectivity index (χ3v) is 4.13. The van der Waals surface area contributed by atoms with Crippen molar-refractivity contribution >= 4 is 27.4 Å². The summed E-state index contributed by atoms with van der Waals surface area (Å²) in [6, 6.07) is 7.62. The average molecular weight is 295 g/mol. The van der Waals surface area contributed by atoms with Gasteiger partial charge in [-0.3, -0.25) is 0 Å². The summed E-state index contributed by atoms with van der Waals surface area (Å²) in [5.41, 5.74) is 0.766. The minimum atomic E-state index is -0.916. The van der Waals surface area contributed by atoms with Gasteiger partial charge in [-0.15, -0.1) is 11.3 Å². The zero-order valence-electron chi connectivity index (χ0n) is 11.1. The van der Waals surface area contributed by atoms with Gasteiger partial charge in [-0.2, -0.15) is 0 Å². The first-order valence-corrected chi connectivity index (χ1v) is 7.06. The molecule has 108 valence electrons. The van der Waals surface area contributed by atoms with E-state index in [0.29, 0.717) is 18.0 Å². The highest BCUT2D eigenvalue weighted by Crippen LogP contribution is 2.31. The quantitative estimate of drug-likeness (QED) is 0.724. The molecule has 1 atom stereocenters. The molecule has 1 heterocycles. The summed E-state index contributed by atoms with van der Waals surface area (Å²) < 4.78 is 5.80. The fourth-order valence-corrected chi connectivity index (χ4v) is 3.12. The molecule has 0 fully saturated rings. The molecule has 1 aromatic heterocycles. The van der Waals surface area contributed by atoms with Gasteiger partial charge in [-0.1, -0.05) is 18.2 Å². The van der Waals surface area contributed by atoms with Crippen LogP contribution in [0.4, 0.5) is 0 Å². The van der Waals surface area contributed by atoms with Crippen LogP contribution >= 0.6 is 11.3 Å². The molecule has 0 aliphatic carbocycles. The maximum atomic E-state index is 11.3.